The van der Waals surface area contributed by atoms with E-state index in [1.807, 2.05) is 20.8 Å². The third-order valence-electron chi connectivity index (χ3n) is 3.00. The van der Waals surface area contributed by atoms with Crippen molar-refractivity contribution in [3.63, 3.8) is 0 Å². The Morgan fingerprint density at radius 1 is 1.35 bits per heavy atom. The highest BCUT2D eigenvalue weighted by atomic mass is 32.1. The number of aryl methyl sites for hydroxylation is 1. The Bertz CT molecular complexity index is 582. The Balaban J connectivity index is 2.57. The summed E-state index contributed by atoms with van der Waals surface area (Å²) >= 11 is 1.26. The molecule has 128 valence electrons. The summed E-state index contributed by atoms with van der Waals surface area (Å²) in [4.78, 5) is 36.3. The minimum Gasteiger partial charge on any atom is -0.495 e. The van der Waals surface area contributed by atoms with E-state index in [2.05, 4.69) is 10.6 Å². The summed E-state index contributed by atoms with van der Waals surface area (Å²) in [5.41, 5.74) is 0. The molecule has 1 heterocycles. The first kappa shape index (κ1) is 19.0. The van der Waals surface area contributed by atoms with E-state index >= 15 is 0 Å². The van der Waals surface area contributed by atoms with Gasteiger partial charge in [0, 0.05) is 4.88 Å². The molecular formula is C15H22N2O5S. The van der Waals surface area contributed by atoms with E-state index in [1.54, 1.807) is 6.07 Å². The first-order valence-electron chi connectivity index (χ1n) is 7.19. The first-order chi connectivity index (χ1) is 10.7. The molecule has 0 spiro atoms. The van der Waals surface area contributed by atoms with Gasteiger partial charge in [-0.2, -0.15) is 0 Å². The number of carboxylic acids is 1. The lowest BCUT2D eigenvalue weighted by Crippen LogP contribution is -2.46. The average Bonchev–Trinajstić information content (AvgIpc) is 2.84. The van der Waals surface area contributed by atoms with Crippen molar-refractivity contribution in [1.82, 2.24) is 10.6 Å². The maximum atomic E-state index is 12.1. The maximum Gasteiger partial charge on any atom is 0.326 e. The Labute approximate surface area is 139 Å². The van der Waals surface area contributed by atoms with Crippen molar-refractivity contribution >= 4 is 29.1 Å². The van der Waals surface area contributed by atoms with Gasteiger partial charge in [-0.1, -0.05) is 13.8 Å². The van der Waals surface area contributed by atoms with Crippen LogP contribution in [0.2, 0.25) is 0 Å². The van der Waals surface area contributed by atoms with E-state index in [0.717, 1.165) is 4.88 Å². The molecule has 0 radical (unpaired) electrons. The van der Waals surface area contributed by atoms with Crippen molar-refractivity contribution in [2.75, 3.05) is 13.7 Å². The number of methoxy groups -OCH3 is 1. The SMILES string of the molecule is COc1cc(C)sc1C(=O)NCC(=O)N[C@@H](CC(C)C)C(=O)O. The third-order valence-corrected chi connectivity index (χ3v) is 4.03. The number of hydrogen-bond acceptors (Lipinski definition) is 5. The van der Waals surface area contributed by atoms with Crippen LogP contribution in [-0.2, 0) is 9.59 Å². The molecule has 1 atom stereocenters. The molecule has 1 aromatic heterocycles. The minimum atomic E-state index is -1.09. The van der Waals surface area contributed by atoms with E-state index in [4.69, 9.17) is 9.84 Å². The summed E-state index contributed by atoms with van der Waals surface area (Å²) < 4.78 is 5.11. The zero-order valence-electron chi connectivity index (χ0n) is 13.6. The number of nitrogens with one attached hydrogen (secondary N) is 2. The second-order valence-corrected chi connectivity index (χ2v) is 6.78. The molecule has 7 nitrogen and oxygen atoms in total. The van der Waals surface area contributed by atoms with Crippen molar-refractivity contribution in [2.24, 2.45) is 5.92 Å². The lowest BCUT2D eigenvalue weighted by Gasteiger charge is -2.16. The van der Waals surface area contributed by atoms with Gasteiger partial charge in [-0.25, -0.2) is 4.79 Å². The van der Waals surface area contributed by atoms with Gasteiger partial charge >= 0.3 is 5.97 Å². The standard InChI is InChI=1S/C15H22N2O5S/c1-8(2)5-10(15(20)21)17-12(18)7-16-14(19)13-11(22-4)6-9(3)23-13/h6,8,10H,5,7H2,1-4H3,(H,16,19)(H,17,18)(H,20,21)/t10-/m0/s1. The summed E-state index contributed by atoms with van der Waals surface area (Å²) in [6.07, 6.45) is 0.326. The molecule has 0 aliphatic carbocycles. The average molecular weight is 342 g/mol. The molecule has 1 aromatic rings. The Morgan fingerprint density at radius 3 is 2.52 bits per heavy atom. The molecule has 23 heavy (non-hydrogen) atoms. The molecule has 2 amide bonds. The van der Waals surface area contributed by atoms with Crippen molar-refractivity contribution in [3.05, 3.63) is 15.8 Å². The fraction of sp³-hybridized carbons (Fsp3) is 0.533. The molecule has 0 aliphatic heterocycles. The van der Waals surface area contributed by atoms with E-state index in [9.17, 15) is 14.4 Å². The Morgan fingerprint density at radius 2 is 2.00 bits per heavy atom. The highest BCUT2D eigenvalue weighted by molar-refractivity contribution is 7.14. The number of amides is 2. The molecule has 1 rings (SSSR count). The van der Waals surface area contributed by atoms with Crippen LogP contribution in [0.25, 0.3) is 0 Å². The van der Waals surface area contributed by atoms with Crippen LogP contribution in [0.4, 0.5) is 0 Å². The zero-order chi connectivity index (χ0) is 17.6. The molecule has 0 bridgehead atoms. The smallest absolute Gasteiger partial charge is 0.326 e. The van der Waals surface area contributed by atoms with Crippen LogP contribution in [0.1, 0.15) is 34.8 Å². The number of carboxylic acid groups (broad SMARTS) is 1. The van der Waals surface area contributed by atoms with Gasteiger partial charge in [0.25, 0.3) is 5.91 Å². The Kier molecular flexibility index (Phi) is 7.02. The van der Waals surface area contributed by atoms with Gasteiger partial charge in [0.05, 0.1) is 13.7 Å². The normalized spacial score (nSPS) is 11.9. The summed E-state index contributed by atoms with van der Waals surface area (Å²) in [6, 6.07) is 0.779. The molecule has 0 aromatic carbocycles. The molecule has 0 saturated carbocycles. The third kappa shape index (κ3) is 5.90. The van der Waals surface area contributed by atoms with Crippen molar-refractivity contribution < 1.29 is 24.2 Å². The van der Waals surface area contributed by atoms with E-state index in [0.29, 0.717) is 17.0 Å². The largest absolute Gasteiger partial charge is 0.495 e. The van der Waals surface area contributed by atoms with Gasteiger partial charge in [0.15, 0.2) is 0 Å². The monoisotopic (exact) mass is 342 g/mol. The van der Waals surface area contributed by atoms with Crippen LogP contribution >= 0.6 is 11.3 Å². The second-order valence-electron chi connectivity index (χ2n) is 5.53. The number of carbonyl (C=O) groups excluding carboxylic acids is 2. The van der Waals surface area contributed by atoms with Crippen LogP contribution in [0.5, 0.6) is 5.75 Å². The lowest BCUT2D eigenvalue weighted by molar-refractivity contribution is -0.142. The summed E-state index contributed by atoms with van der Waals surface area (Å²) in [6.45, 7) is 5.30. The molecular weight excluding hydrogens is 320 g/mol. The summed E-state index contributed by atoms with van der Waals surface area (Å²) in [7, 11) is 1.47. The molecule has 0 unspecified atom stereocenters. The van der Waals surface area contributed by atoms with Crippen molar-refractivity contribution in [2.45, 2.75) is 33.2 Å². The molecule has 3 N–H and O–H groups in total. The minimum absolute atomic E-state index is 0.129. The molecule has 0 saturated heterocycles. The topological polar surface area (TPSA) is 105 Å². The van der Waals surface area contributed by atoms with Crippen LogP contribution in [0.15, 0.2) is 6.07 Å². The fourth-order valence-electron chi connectivity index (χ4n) is 1.98. The molecule has 0 aliphatic rings. The summed E-state index contributed by atoms with van der Waals surface area (Å²) in [5.74, 6) is -1.48. The molecule has 8 heteroatoms. The first-order valence-corrected chi connectivity index (χ1v) is 8.01. The zero-order valence-corrected chi connectivity index (χ0v) is 14.5. The Hall–Kier alpha value is -2.09. The van der Waals surface area contributed by atoms with Crippen LogP contribution in [-0.4, -0.2) is 42.6 Å². The van der Waals surface area contributed by atoms with Crippen LogP contribution in [0.3, 0.4) is 0 Å². The van der Waals surface area contributed by atoms with Gasteiger partial charge < -0.3 is 20.5 Å². The highest BCUT2D eigenvalue weighted by Crippen LogP contribution is 2.28. The number of thiophene rings is 1. The van der Waals surface area contributed by atoms with Gasteiger partial charge in [-0.05, 0) is 25.3 Å². The van der Waals surface area contributed by atoms with E-state index in [1.165, 1.54) is 18.4 Å². The van der Waals surface area contributed by atoms with E-state index < -0.39 is 23.8 Å². The quantitative estimate of drug-likeness (QED) is 0.662. The van der Waals surface area contributed by atoms with Crippen LogP contribution in [0, 0.1) is 12.8 Å². The van der Waals surface area contributed by atoms with Crippen molar-refractivity contribution in [3.8, 4) is 5.75 Å². The predicted octanol–water partition coefficient (Wildman–Crippen LogP) is 1.41. The van der Waals surface area contributed by atoms with Crippen molar-refractivity contribution in [1.29, 1.82) is 0 Å². The predicted molar refractivity (Wildman–Crippen MR) is 87.0 cm³/mol. The van der Waals surface area contributed by atoms with E-state index in [-0.39, 0.29) is 12.5 Å². The molecule has 0 fully saturated rings. The lowest BCUT2D eigenvalue weighted by atomic mass is 10.0. The summed E-state index contributed by atoms with van der Waals surface area (Å²) in [5, 5.41) is 14.0. The highest BCUT2D eigenvalue weighted by Gasteiger charge is 2.22. The number of aliphatic carboxylic acids is 1. The number of carbonyl (C=O) groups is 3. The van der Waals surface area contributed by atoms with Crippen LogP contribution < -0.4 is 15.4 Å². The number of hydrogen-bond donors (Lipinski definition) is 3. The van der Waals surface area contributed by atoms with Gasteiger partial charge in [0.1, 0.15) is 16.7 Å². The van der Waals surface area contributed by atoms with Gasteiger partial charge in [-0.3, -0.25) is 9.59 Å². The maximum absolute atomic E-state index is 12.1. The second kappa shape index (κ2) is 8.52. The van der Waals surface area contributed by atoms with Gasteiger partial charge in [-0.15, -0.1) is 11.3 Å². The fourth-order valence-corrected chi connectivity index (χ4v) is 2.88. The van der Waals surface area contributed by atoms with Gasteiger partial charge in [0.2, 0.25) is 5.91 Å². The number of ether oxygens (including phenoxy) is 1. The number of rotatable bonds is 8.